The van der Waals surface area contributed by atoms with Gasteiger partial charge < -0.3 is 0 Å². The normalized spacial score (nSPS) is 28.1. The molecule has 0 amide bonds. The van der Waals surface area contributed by atoms with E-state index in [0.717, 1.165) is 12.3 Å². The maximum absolute atomic E-state index is 3.48. The molecule has 0 spiro atoms. The number of hydrogen-bond acceptors (Lipinski definition) is 0. The van der Waals surface area contributed by atoms with Crippen LogP contribution in [0.4, 0.5) is 0 Å². The molecule has 0 fully saturated rings. The average molecular weight is 206 g/mol. The van der Waals surface area contributed by atoms with Gasteiger partial charge in [0.1, 0.15) is 0 Å². The highest BCUT2D eigenvalue weighted by Crippen LogP contribution is 2.30. The maximum atomic E-state index is 3.48. The van der Waals surface area contributed by atoms with E-state index in [1.807, 2.05) is 0 Å². The van der Waals surface area contributed by atoms with E-state index in [0.29, 0.717) is 0 Å². The van der Waals surface area contributed by atoms with Crippen LogP contribution in [0.2, 0.25) is 0 Å². The molecule has 86 valence electrons. The van der Waals surface area contributed by atoms with Crippen LogP contribution in [0.25, 0.3) is 0 Å². The summed E-state index contributed by atoms with van der Waals surface area (Å²) >= 11 is 0. The molecule has 1 aliphatic carbocycles. The van der Waals surface area contributed by atoms with E-state index in [-0.39, 0.29) is 5.41 Å². The zero-order chi connectivity index (χ0) is 11.1. The molecule has 0 N–H and O–H groups in total. The van der Waals surface area contributed by atoms with Gasteiger partial charge >= 0.3 is 0 Å². The summed E-state index contributed by atoms with van der Waals surface area (Å²) in [5.41, 5.74) is 0.221. The van der Waals surface area contributed by atoms with Crippen LogP contribution in [0, 0.1) is 23.2 Å². The molecule has 0 aromatic heterocycles. The summed E-state index contributed by atoms with van der Waals surface area (Å²) in [6, 6.07) is 0. The van der Waals surface area contributed by atoms with E-state index >= 15 is 0 Å². The van der Waals surface area contributed by atoms with E-state index in [4.69, 9.17) is 0 Å². The van der Waals surface area contributed by atoms with Gasteiger partial charge in [0.25, 0.3) is 0 Å². The first-order valence-corrected chi connectivity index (χ1v) is 6.63. The zero-order valence-corrected chi connectivity index (χ0v) is 10.7. The largest absolute Gasteiger partial charge is 0.103 e. The van der Waals surface area contributed by atoms with Crippen LogP contribution in [0.3, 0.4) is 0 Å². The Kier molecular flexibility index (Phi) is 5.23. The molecule has 0 radical (unpaired) electrons. The van der Waals surface area contributed by atoms with Gasteiger partial charge in [-0.05, 0) is 32.6 Å². The average Bonchev–Trinajstić information content (AvgIpc) is 2.18. The van der Waals surface area contributed by atoms with Crippen molar-refractivity contribution in [2.45, 2.75) is 72.1 Å². The molecule has 1 aliphatic rings. The Morgan fingerprint density at radius 2 is 1.53 bits per heavy atom. The van der Waals surface area contributed by atoms with Gasteiger partial charge in [-0.15, -0.1) is 5.92 Å². The quantitative estimate of drug-likeness (QED) is 0.500. The van der Waals surface area contributed by atoms with Crippen LogP contribution in [0.1, 0.15) is 72.1 Å². The molecule has 15 heavy (non-hydrogen) atoms. The third-order valence-electron chi connectivity index (χ3n) is 3.83. The minimum atomic E-state index is 0.221. The molecule has 1 atom stereocenters. The summed E-state index contributed by atoms with van der Waals surface area (Å²) in [6.45, 7) is 6.97. The van der Waals surface area contributed by atoms with E-state index in [1.54, 1.807) is 0 Å². The first-order valence-electron chi connectivity index (χ1n) is 6.63. The molecule has 0 aromatic rings. The first-order chi connectivity index (χ1) is 7.13. The summed E-state index contributed by atoms with van der Waals surface area (Å²) in [7, 11) is 0. The van der Waals surface area contributed by atoms with Crippen molar-refractivity contribution in [1.29, 1.82) is 0 Å². The molecular formula is C15H26. The van der Waals surface area contributed by atoms with Crippen molar-refractivity contribution in [2.24, 2.45) is 11.3 Å². The lowest BCUT2D eigenvalue weighted by atomic mass is 9.77. The first kappa shape index (κ1) is 12.6. The fourth-order valence-electron chi connectivity index (χ4n) is 2.15. The fraction of sp³-hybridized carbons (Fsp3) is 0.867. The zero-order valence-electron chi connectivity index (χ0n) is 10.7. The second kappa shape index (κ2) is 6.21. The SMILES string of the molecule is CC1CCCCCCCCC#CC1(C)C. The molecular weight excluding hydrogens is 180 g/mol. The summed E-state index contributed by atoms with van der Waals surface area (Å²) in [5.74, 6) is 7.59. The molecule has 0 heteroatoms. The third kappa shape index (κ3) is 4.74. The van der Waals surface area contributed by atoms with Gasteiger partial charge in [-0.1, -0.05) is 44.9 Å². The molecule has 0 bridgehead atoms. The number of hydrogen-bond donors (Lipinski definition) is 0. The summed E-state index contributed by atoms with van der Waals surface area (Å²) in [5, 5.41) is 0. The molecule has 1 rings (SSSR count). The van der Waals surface area contributed by atoms with Crippen molar-refractivity contribution in [1.82, 2.24) is 0 Å². The van der Waals surface area contributed by atoms with E-state index in [9.17, 15) is 0 Å². The van der Waals surface area contributed by atoms with Gasteiger partial charge in [-0.25, -0.2) is 0 Å². The lowest BCUT2D eigenvalue weighted by Crippen LogP contribution is -2.19. The Morgan fingerprint density at radius 1 is 0.933 bits per heavy atom. The van der Waals surface area contributed by atoms with Crippen LogP contribution in [-0.2, 0) is 0 Å². The van der Waals surface area contributed by atoms with E-state index < -0.39 is 0 Å². The molecule has 0 saturated heterocycles. The van der Waals surface area contributed by atoms with Crippen LogP contribution in [0.15, 0.2) is 0 Å². The topological polar surface area (TPSA) is 0 Å². The standard InChI is InChI=1S/C15H26/c1-14-12-10-8-6-4-5-7-9-11-13-15(14,2)3/h14H,4-10,12H2,1-3H3. The molecule has 1 unspecified atom stereocenters. The van der Waals surface area contributed by atoms with Crippen molar-refractivity contribution in [2.75, 3.05) is 0 Å². The van der Waals surface area contributed by atoms with Crippen molar-refractivity contribution >= 4 is 0 Å². The van der Waals surface area contributed by atoms with Gasteiger partial charge in [0.05, 0.1) is 0 Å². The highest BCUT2D eigenvalue weighted by molar-refractivity contribution is 5.10. The van der Waals surface area contributed by atoms with Crippen molar-refractivity contribution < 1.29 is 0 Å². The van der Waals surface area contributed by atoms with Crippen LogP contribution >= 0.6 is 0 Å². The van der Waals surface area contributed by atoms with Gasteiger partial charge in [0, 0.05) is 11.8 Å². The monoisotopic (exact) mass is 206 g/mol. The fourth-order valence-corrected chi connectivity index (χ4v) is 2.15. The Bertz CT molecular complexity index is 226. The molecule has 0 heterocycles. The lowest BCUT2D eigenvalue weighted by molar-refractivity contribution is 0.293. The van der Waals surface area contributed by atoms with Gasteiger partial charge in [0.15, 0.2) is 0 Å². The Morgan fingerprint density at radius 3 is 2.27 bits per heavy atom. The molecule has 0 nitrogen and oxygen atoms in total. The predicted molar refractivity (Wildman–Crippen MR) is 67.7 cm³/mol. The summed E-state index contributed by atoms with van der Waals surface area (Å²) in [6.07, 6.45) is 10.8. The van der Waals surface area contributed by atoms with Crippen LogP contribution < -0.4 is 0 Å². The van der Waals surface area contributed by atoms with Crippen LogP contribution in [-0.4, -0.2) is 0 Å². The second-order valence-corrected chi connectivity index (χ2v) is 5.58. The summed E-state index contributed by atoms with van der Waals surface area (Å²) < 4.78 is 0. The highest BCUT2D eigenvalue weighted by Gasteiger charge is 2.22. The van der Waals surface area contributed by atoms with E-state index in [2.05, 4.69) is 32.6 Å². The van der Waals surface area contributed by atoms with Crippen molar-refractivity contribution in [3.05, 3.63) is 0 Å². The van der Waals surface area contributed by atoms with Gasteiger partial charge in [-0.3, -0.25) is 0 Å². The van der Waals surface area contributed by atoms with Crippen LogP contribution in [0.5, 0.6) is 0 Å². The van der Waals surface area contributed by atoms with E-state index in [1.165, 1.54) is 44.9 Å². The number of rotatable bonds is 0. The third-order valence-corrected chi connectivity index (χ3v) is 3.83. The Hall–Kier alpha value is -0.440. The smallest absolute Gasteiger partial charge is 0.0283 e. The van der Waals surface area contributed by atoms with Crippen molar-refractivity contribution in [3.63, 3.8) is 0 Å². The molecule has 0 saturated carbocycles. The predicted octanol–water partition coefficient (Wildman–Crippen LogP) is 4.79. The second-order valence-electron chi connectivity index (χ2n) is 5.58. The van der Waals surface area contributed by atoms with Crippen molar-refractivity contribution in [3.8, 4) is 11.8 Å². The minimum Gasteiger partial charge on any atom is -0.103 e. The van der Waals surface area contributed by atoms with Gasteiger partial charge in [0.2, 0.25) is 0 Å². The molecule has 0 aliphatic heterocycles. The minimum absolute atomic E-state index is 0.221. The maximum Gasteiger partial charge on any atom is 0.0283 e. The Labute approximate surface area is 95.8 Å². The summed E-state index contributed by atoms with van der Waals surface area (Å²) in [4.78, 5) is 0. The lowest BCUT2D eigenvalue weighted by Gasteiger charge is -2.26. The Balaban J connectivity index is 2.56. The highest BCUT2D eigenvalue weighted by atomic mass is 14.3. The molecule has 0 aromatic carbocycles. The van der Waals surface area contributed by atoms with Gasteiger partial charge in [-0.2, -0.15) is 0 Å².